The van der Waals surface area contributed by atoms with E-state index < -0.39 is 0 Å². The molecule has 20 heavy (non-hydrogen) atoms. The van der Waals surface area contributed by atoms with Crippen LogP contribution in [0.4, 0.5) is 0 Å². The minimum Gasteiger partial charge on any atom is -0.459 e. The predicted molar refractivity (Wildman–Crippen MR) is 86.4 cm³/mol. The van der Waals surface area contributed by atoms with Crippen LogP contribution in [0.3, 0.4) is 0 Å². The molecule has 0 aliphatic rings. The quantitative estimate of drug-likeness (QED) is 0.872. The van der Waals surface area contributed by atoms with Crippen molar-refractivity contribution in [3.63, 3.8) is 0 Å². The summed E-state index contributed by atoms with van der Waals surface area (Å²) in [5, 5.41) is 4.53. The van der Waals surface area contributed by atoms with Crippen molar-refractivity contribution in [2.24, 2.45) is 0 Å². The second-order valence-corrected chi connectivity index (χ2v) is 6.72. The van der Waals surface area contributed by atoms with Crippen LogP contribution < -0.4 is 5.32 Å². The summed E-state index contributed by atoms with van der Waals surface area (Å²) < 4.78 is 6.24. The van der Waals surface area contributed by atoms with Gasteiger partial charge in [-0.05, 0) is 37.4 Å². The fraction of sp³-hybridized carbons (Fsp3) is 0.556. The summed E-state index contributed by atoms with van der Waals surface area (Å²) in [5.74, 6) is 1.10. The van der Waals surface area contributed by atoms with Gasteiger partial charge in [-0.1, -0.05) is 40.2 Å². The van der Waals surface area contributed by atoms with Crippen molar-refractivity contribution in [2.45, 2.75) is 59.4 Å². The van der Waals surface area contributed by atoms with Crippen LogP contribution >= 0.6 is 0 Å². The van der Waals surface area contributed by atoms with E-state index in [1.165, 1.54) is 22.1 Å². The van der Waals surface area contributed by atoms with Gasteiger partial charge in [-0.3, -0.25) is 0 Å². The Hall–Kier alpha value is -1.28. The van der Waals surface area contributed by atoms with Gasteiger partial charge in [0.2, 0.25) is 0 Å². The fourth-order valence-corrected chi connectivity index (χ4v) is 2.83. The van der Waals surface area contributed by atoms with Crippen molar-refractivity contribution >= 4 is 11.0 Å². The Morgan fingerprint density at radius 2 is 1.90 bits per heavy atom. The van der Waals surface area contributed by atoms with E-state index in [0.717, 1.165) is 30.7 Å². The topological polar surface area (TPSA) is 25.2 Å². The Labute approximate surface area is 122 Å². The van der Waals surface area contributed by atoms with Gasteiger partial charge in [0, 0.05) is 16.5 Å². The molecule has 1 aromatic carbocycles. The van der Waals surface area contributed by atoms with Crippen LogP contribution in [0, 0.1) is 6.92 Å². The Bertz CT molecular complexity index is 602. The lowest BCUT2D eigenvalue weighted by Crippen LogP contribution is -2.11. The van der Waals surface area contributed by atoms with Crippen LogP contribution in [0.1, 0.15) is 56.6 Å². The maximum absolute atomic E-state index is 6.24. The van der Waals surface area contributed by atoms with Crippen LogP contribution in [-0.2, 0) is 18.4 Å². The molecule has 0 fully saturated rings. The van der Waals surface area contributed by atoms with E-state index in [9.17, 15) is 0 Å². The highest BCUT2D eigenvalue weighted by atomic mass is 16.3. The maximum Gasteiger partial charge on any atom is 0.138 e. The monoisotopic (exact) mass is 273 g/mol. The molecule has 2 heteroatoms. The van der Waals surface area contributed by atoms with Crippen LogP contribution in [0.5, 0.6) is 0 Å². The molecule has 0 atom stereocenters. The number of aryl methyl sites for hydroxylation is 2. The molecule has 1 heterocycles. The first-order valence-corrected chi connectivity index (χ1v) is 7.58. The van der Waals surface area contributed by atoms with Gasteiger partial charge in [0.05, 0.1) is 6.54 Å². The van der Waals surface area contributed by atoms with Gasteiger partial charge in [-0.25, -0.2) is 0 Å². The molecule has 1 aromatic heterocycles. The summed E-state index contributed by atoms with van der Waals surface area (Å²) in [4.78, 5) is 0. The third kappa shape index (κ3) is 2.76. The first kappa shape index (κ1) is 15.1. The maximum atomic E-state index is 6.24. The summed E-state index contributed by atoms with van der Waals surface area (Å²) in [6, 6.07) is 4.54. The first-order valence-electron chi connectivity index (χ1n) is 7.58. The van der Waals surface area contributed by atoms with Crippen molar-refractivity contribution in [3.05, 3.63) is 34.6 Å². The van der Waals surface area contributed by atoms with Crippen LogP contribution in [0.15, 0.2) is 16.5 Å². The van der Waals surface area contributed by atoms with Crippen molar-refractivity contribution < 1.29 is 4.42 Å². The molecule has 0 saturated carbocycles. The predicted octanol–water partition coefficient (Wildman–Crippen LogP) is 4.71. The number of furan rings is 1. The van der Waals surface area contributed by atoms with Crippen molar-refractivity contribution in [1.82, 2.24) is 5.32 Å². The molecule has 2 rings (SSSR count). The van der Waals surface area contributed by atoms with Crippen molar-refractivity contribution in [1.29, 1.82) is 0 Å². The SMILES string of the molecule is CCCc1c(CNC)oc2c(C(C)(C)C)cc(C)cc12. The molecule has 2 nitrogen and oxygen atoms in total. The van der Waals surface area contributed by atoms with E-state index in [2.05, 4.69) is 52.1 Å². The molecule has 0 radical (unpaired) electrons. The van der Waals surface area contributed by atoms with Gasteiger partial charge in [0.1, 0.15) is 11.3 Å². The van der Waals surface area contributed by atoms with E-state index in [4.69, 9.17) is 4.42 Å². The molecule has 0 amide bonds. The first-order chi connectivity index (χ1) is 9.38. The fourth-order valence-electron chi connectivity index (χ4n) is 2.83. The molecular formula is C18H27NO. The molecule has 1 N–H and O–H groups in total. The van der Waals surface area contributed by atoms with Crippen molar-refractivity contribution in [3.8, 4) is 0 Å². The smallest absolute Gasteiger partial charge is 0.138 e. The Morgan fingerprint density at radius 1 is 1.20 bits per heavy atom. The molecule has 0 aliphatic carbocycles. The third-order valence-corrected chi connectivity index (χ3v) is 3.77. The van der Waals surface area contributed by atoms with Gasteiger partial charge in [-0.15, -0.1) is 0 Å². The summed E-state index contributed by atoms with van der Waals surface area (Å²) in [6.45, 7) is 12.0. The van der Waals surface area contributed by atoms with E-state index >= 15 is 0 Å². The minimum absolute atomic E-state index is 0.0997. The molecular weight excluding hydrogens is 246 g/mol. The Kier molecular flexibility index (Phi) is 4.24. The number of benzene rings is 1. The lowest BCUT2D eigenvalue weighted by atomic mass is 9.84. The second kappa shape index (κ2) is 5.61. The third-order valence-electron chi connectivity index (χ3n) is 3.77. The number of hydrogen-bond acceptors (Lipinski definition) is 2. The summed E-state index contributed by atoms with van der Waals surface area (Å²) >= 11 is 0. The van der Waals surface area contributed by atoms with Gasteiger partial charge in [-0.2, -0.15) is 0 Å². The zero-order chi connectivity index (χ0) is 14.9. The summed E-state index contributed by atoms with van der Waals surface area (Å²) in [5.41, 5.74) is 5.19. The van der Waals surface area contributed by atoms with Gasteiger partial charge in [0.25, 0.3) is 0 Å². The van der Waals surface area contributed by atoms with E-state index in [-0.39, 0.29) is 5.41 Å². The highest BCUT2D eigenvalue weighted by Gasteiger charge is 2.23. The Morgan fingerprint density at radius 3 is 2.45 bits per heavy atom. The molecule has 0 aliphatic heterocycles. The molecule has 0 spiro atoms. The van der Waals surface area contributed by atoms with E-state index in [1.807, 2.05) is 7.05 Å². The largest absolute Gasteiger partial charge is 0.459 e. The number of fused-ring (bicyclic) bond motifs is 1. The highest BCUT2D eigenvalue weighted by molar-refractivity contribution is 5.86. The summed E-state index contributed by atoms with van der Waals surface area (Å²) in [6.07, 6.45) is 2.22. The van der Waals surface area contributed by atoms with Crippen LogP contribution in [-0.4, -0.2) is 7.05 Å². The lowest BCUT2D eigenvalue weighted by molar-refractivity contribution is 0.507. The molecule has 0 unspecified atom stereocenters. The molecule has 2 aromatic rings. The second-order valence-electron chi connectivity index (χ2n) is 6.72. The number of hydrogen-bond donors (Lipinski definition) is 1. The van der Waals surface area contributed by atoms with Gasteiger partial charge >= 0.3 is 0 Å². The van der Waals surface area contributed by atoms with Crippen LogP contribution in [0.2, 0.25) is 0 Å². The number of nitrogens with one attached hydrogen (secondary N) is 1. The van der Waals surface area contributed by atoms with E-state index in [0.29, 0.717) is 0 Å². The minimum atomic E-state index is 0.0997. The lowest BCUT2D eigenvalue weighted by Gasteiger charge is -2.20. The highest BCUT2D eigenvalue weighted by Crippen LogP contribution is 2.36. The molecule has 0 bridgehead atoms. The van der Waals surface area contributed by atoms with Gasteiger partial charge < -0.3 is 9.73 Å². The van der Waals surface area contributed by atoms with Gasteiger partial charge in [0.15, 0.2) is 0 Å². The van der Waals surface area contributed by atoms with Crippen LogP contribution in [0.25, 0.3) is 11.0 Å². The standard InChI is InChI=1S/C18H27NO/c1-7-8-13-14-9-12(2)10-15(18(3,4)5)17(14)20-16(13)11-19-6/h9-10,19H,7-8,11H2,1-6H3. The Balaban J connectivity index is 2.75. The average Bonchev–Trinajstić information content (AvgIpc) is 2.67. The number of rotatable bonds is 4. The zero-order valence-electron chi connectivity index (χ0n) is 13.7. The molecule has 0 saturated heterocycles. The normalized spacial score (nSPS) is 12.3. The van der Waals surface area contributed by atoms with Crippen molar-refractivity contribution in [2.75, 3.05) is 7.05 Å². The average molecular weight is 273 g/mol. The summed E-state index contributed by atoms with van der Waals surface area (Å²) in [7, 11) is 1.97. The van der Waals surface area contributed by atoms with E-state index in [1.54, 1.807) is 0 Å². The zero-order valence-corrected chi connectivity index (χ0v) is 13.7. The molecule has 110 valence electrons.